The lowest BCUT2D eigenvalue weighted by Gasteiger charge is -1.99. The van der Waals surface area contributed by atoms with E-state index < -0.39 is 0 Å². The SMILES string of the molecule is CNC(=O)Cn1cc(C)c(C)c1. The summed E-state index contributed by atoms with van der Waals surface area (Å²) in [7, 11) is 1.64. The van der Waals surface area contributed by atoms with Gasteiger partial charge in [-0.15, -0.1) is 0 Å². The summed E-state index contributed by atoms with van der Waals surface area (Å²) < 4.78 is 1.89. The van der Waals surface area contributed by atoms with Gasteiger partial charge in [0.05, 0.1) is 0 Å². The van der Waals surface area contributed by atoms with Crippen LogP contribution in [0.4, 0.5) is 0 Å². The zero-order valence-corrected chi connectivity index (χ0v) is 7.72. The Morgan fingerprint density at radius 2 is 1.92 bits per heavy atom. The first-order valence-electron chi connectivity index (χ1n) is 3.97. The fraction of sp³-hybridized carbons (Fsp3) is 0.444. The van der Waals surface area contributed by atoms with Crippen molar-refractivity contribution in [3.05, 3.63) is 23.5 Å². The quantitative estimate of drug-likeness (QED) is 0.694. The number of aryl methyl sites for hydroxylation is 2. The van der Waals surface area contributed by atoms with Crippen molar-refractivity contribution >= 4 is 5.91 Å². The van der Waals surface area contributed by atoms with E-state index in [0.717, 1.165) is 0 Å². The van der Waals surface area contributed by atoms with Crippen LogP contribution in [-0.4, -0.2) is 17.5 Å². The van der Waals surface area contributed by atoms with E-state index in [2.05, 4.69) is 5.32 Å². The van der Waals surface area contributed by atoms with Gasteiger partial charge in [-0.05, 0) is 25.0 Å². The van der Waals surface area contributed by atoms with E-state index in [-0.39, 0.29) is 5.91 Å². The Kier molecular flexibility index (Phi) is 2.53. The molecule has 1 N–H and O–H groups in total. The molecule has 0 bridgehead atoms. The number of carbonyl (C=O) groups excluding carboxylic acids is 1. The standard InChI is InChI=1S/C9H14N2O/c1-7-4-11(5-8(7)2)6-9(12)10-3/h4-5H,6H2,1-3H3,(H,10,12). The van der Waals surface area contributed by atoms with Gasteiger partial charge in [-0.1, -0.05) is 0 Å². The second kappa shape index (κ2) is 3.43. The molecule has 1 aromatic rings. The van der Waals surface area contributed by atoms with E-state index in [0.29, 0.717) is 6.54 Å². The van der Waals surface area contributed by atoms with Crippen LogP contribution in [-0.2, 0) is 11.3 Å². The summed E-state index contributed by atoms with van der Waals surface area (Å²) in [6.45, 7) is 4.48. The van der Waals surface area contributed by atoms with Crippen molar-refractivity contribution in [2.24, 2.45) is 0 Å². The van der Waals surface area contributed by atoms with E-state index in [4.69, 9.17) is 0 Å². The third kappa shape index (κ3) is 1.87. The second-order valence-electron chi connectivity index (χ2n) is 2.97. The van der Waals surface area contributed by atoms with Gasteiger partial charge in [-0.2, -0.15) is 0 Å². The topological polar surface area (TPSA) is 34.0 Å². The maximum absolute atomic E-state index is 11.0. The third-order valence-electron chi connectivity index (χ3n) is 1.95. The number of hydrogen-bond acceptors (Lipinski definition) is 1. The Morgan fingerprint density at radius 3 is 2.33 bits per heavy atom. The van der Waals surface area contributed by atoms with Gasteiger partial charge in [0.1, 0.15) is 6.54 Å². The molecule has 0 unspecified atom stereocenters. The molecule has 3 nitrogen and oxygen atoms in total. The molecule has 1 rings (SSSR count). The average molecular weight is 166 g/mol. The minimum atomic E-state index is 0.0324. The summed E-state index contributed by atoms with van der Waals surface area (Å²) in [5, 5.41) is 2.58. The molecule has 0 saturated carbocycles. The first kappa shape index (κ1) is 8.84. The molecule has 3 heteroatoms. The normalized spacial score (nSPS) is 9.92. The number of nitrogens with one attached hydrogen (secondary N) is 1. The summed E-state index contributed by atoms with van der Waals surface area (Å²) in [5.74, 6) is 0.0324. The molecule has 0 spiro atoms. The highest BCUT2D eigenvalue weighted by atomic mass is 16.1. The molecular weight excluding hydrogens is 152 g/mol. The van der Waals surface area contributed by atoms with Crippen LogP contribution in [0, 0.1) is 13.8 Å². The second-order valence-corrected chi connectivity index (χ2v) is 2.97. The minimum absolute atomic E-state index is 0.0324. The van der Waals surface area contributed by atoms with Crippen molar-refractivity contribution in [3.63, 3.8) is 0 Å². The largest absolute Gasteiger partial charge is 0.358 e. The fourth-order valence-electron chi connectivity index (χ4n) is 1.07. The summed E-state index contributed by atoms with van der Waals surface area (Å²) in [6.07, 6.45) is 3.95. The number of rotatable bonds is 2. The number of aromatic nitrogens is 1. The predicted molar refractivity (Wildman–Crippen MR) is 48.0 cm³/mol. The smallest absolute Gasteiger partial charge is 0.239 e. The zero-order chi connectivity index (χ0) is 9.14. The first-order valence-corrected chi connectivity index (χ1v) is 3.97. The molecular formula is C9H14N2O. The van der Waals surface area contributed by atoms with Crippen LogP contribution in [0.5, 0.6) is 0 Å². The Bertz CT molecular complexity index is 269. The molecule has 1 aromatic heterocycles. The van der Waals surface area contributed by atoms with Crippen molar-refractivity contribution in [2.45, 2.75) is 20.4 Å². The number of nitrogens with zero attached hydrogens (tertiary/aromatic N) is 1. The van der Waals surface area contributed by atoms with Gasteiger partial charge >= 0.3 is 0 Å². The van der Waals surface area contributed by atoms with Crippen molar-refractivity contribution < 1.29 is 4.79 Å². The highest BCUT2D eigenvalue weighted by Crippen LogP contribution is 2.06. The molecule has 0 fully saturated rings. The predicted octanol–water partition coefficient (Wildman–Crippen LogP) is 0.851. The Balaban J connectivity index is 2.70. The van der Waals surface area contributed by atoms with Gasteiger partial charge in [0.25, 0.3) is 0 Å². The highest BCUT2D eigenvalue weighted by molar-refractivity contribution is 5.75. The lowest BCUT2D eigenvalue weighted by atomic mass is 10.2. The maximum Gasteiger partial charge on any atom is 0.239 e. The van der Waals surface area contributed by atoms with E-state index in [1.165, 1.54) is 11.1 Å². The lowest BCUT2D eigenvalue weighted by Crippen LogP contribution is -2.22. The zero-order valence-electron chi connectivity index (χ0n) is 7.72. The van der Waals surface area contributed by atoms with Crippen molar-refractivity contribution in [3.8, 4) is 0 Å². The number of hydrogen-bond donors (Lipinski definition) is 1. The number of amides is 1. The molecule has 0 aromatic carbocycles. The molecule has 0 aliphatic carbocycles. The Morgan fingerprint density at radius 1 is 1.42 bits per heavy atom. The van der Waals surface area contributed by atoms with Crippen LogP contribution < -0.4 is 5.32 Å². The van der Waals surface area contributed by atoms with Crippen molar-refractivity contribution in [1.82, 2.24) is 9.88 Å². The van der Waals surface area contributed by atoms with E-state index in [9.17, 15) is 4.79 Å². The monoisotopic (exact) mass is 166 g/mol. The molecule has 0 saturated heterocycles. The van der Waals surface area contributed by atoms with Gasteiger partial charge in [0, 0.05) is 19.4 Å². The minimum Gasteiger partial charge on any atom is -0.358 e. The lowest BCUT2D eigenvalue weighted by molar-refractivity contribution is -0.121. The molecule has 12 heavy (non-hydrogen) atoms. The summed E-state index contributed by atoms with van der Waals surface area (Å²) in [4.78, 5) is 11.0. The van der Waals surface area contributed by atoms with E-state index in [1.807, 2.05) is 30.8 Å². The average Bonchev–Trinajstić information content (AvgIpc) is 2.31. The van der Waals surface area contributed by atoms with Crippen LogP contribution in [0.15, 0.2) is 12.4 Å². The number of carbonyl (C=O) groups is 1. The van der Waals surface area contributed by atoms with Crippen molar-refractivity contribution in [2.75, 3.05) is 7.05 Å². The molecule has 0 aliphatic rings. The van der Waals surface area contributed by atoms with Gasteiger partial charge in [-0.25, -0.2) is 0 Å². The maximum atomic E-state index is 11.0. The molecule has 0 aliphatic heterocycles. The fourth-order valence-corrected chi connectivity index (χ4v) is 1.07. The van der Waals surface area contributed by atoms with Gasteiger partial charge in [-0.3, -0.25) is 4.79 Å². The van der Waals surface area contributed by atoms with Crippen LogP contribution in [0.25, 0.3) is 0 Å². The van der Waals surface area contributed by atoms with Crippen LogP contribution in [0.2, 0.25) is 0 Å². The van der Waals surface area contributed by atoms with Crippen LogP contribution in [0.1, 0.15) is 11.1 Å². The summed E-state index contributed by atoms with van der Waals surface area (Å²) >= 11 is 0. The van der Waals surface area contributed by atoms with Crippen LogP contribution in [0.3, 0.4) is 0 Å². The molecule has 0 atom stereocenters. The Labute approximate surface area is 72.4 Å². The van der Waals surface area contributed by atoms with E-state index >= 15 is 0 Å². The molecule has 1 amide bonds. The van der Waals surface area contributed by atoms with Gasteiger partial charge in [0.15, 0.2) is 0 Å². The molecule has 1 heterocycles. The van der Waals surface area contributed by atoms with Crippen LogP contribution >= 0.6 is 0 Å². The first-order chi connectivity index (χ1) is 5.63. The third-order valence-corrected chi connectivity index (χ3v) is 1.95. The van der Waals surface area contributed by atoms with Crippen molar-refractivity contribution in [1.29, 1.82) is 0 Å². The molecule has 66 valence electrons. The van der Waals surface area contributed by atoms with Gasteiger partial charge < -0.3 is 9.88 Å². The molecule has 0 radical (unpaired) electrons. The number of likely N-dealkylation sites (N-methyl/N-ethyl adjacent to an activating group) is 1. The van der Waals surface area contributed by atoms with E-state index in [1.54, 1.807) is 7.05 Å². The van der Waals surface area contributed by atoms with Gasteiger partial charge in [0.2, 0.25) is 5.91 Å². The summed E-state index contributed by atoms with van der Waals surface area (Å²) in [6, 6.07) is 0. The Hall–Kier alpha value is -1.25. The summed E-state index contributed by atoms with van der Waals surface area (Å²) in [5.41, 5.74) is 2.44. The highest BCUT2D eigenvalue weighted by Gasteiger charge is 2.01.